The van der Waals surface area contributed by atoms with E-state index in [2.05, 4.69) is 6.58 Å². The number of allylic oxidation sites excluding steroid dienone is 1. The number of rotatable bonds is 7. The van der Waals surface area contributed by atoms with Gasteiger partial charge in [0, 0.05) is 12.4 Å². The molecule has 18 heavy (non-hydrogen) atoms. The molecule has 2 atom stereocenters. The lowest BCUT2D eigenvalue weighted by atomic mass is 10.2. The topological polar surface area (TPSA) is 66.4 Å². The van der Waals surface area contributed by atoms with E-state index in [0.717, 1.165) is 12.0 Å². The number of ether oxygens (including phenoxy) is 1. The van der Waals surface area contributed by atoms with E-state index >= 15 is 0 Å². The van der Waals surface area contributed by atoms with Crippen molar-refractivity contribution < 1.29 is 23.9 Å². The van der Waals surface area contributed by atoms with Crippen LogP contribution in [0.3, 0.4) is 0 Å². The van der Waals surface area contributed by atoms with Gasteiger partial charge in [0.1, 0.15) is 6.54 Å². The summed E-state index contributed by atoms with van der Waals surface area (Å²) in [5, 5.41) is 10.6. The van der Waals surface area contributed by atoms with Gasteiger partial charge in [-0.1, -0.05) is 12.2 Å². The second-order valence-electron chi connectivity index (χ2n) is 5.92. The molecule has 0 amide bonds. The largest absolute Gasteiger partial charge is 0.550 e. The number of likely N-dealkylation sites (N-methyl/N-ethyl adjacent to an activating group) is 1. The highest BCUT2D eigenvalue weighted by Gasteiger charge is 2.31. The Morgan fingerprint density at radius 1 is 1.50 bits per heavy atom. The van der Waals surface area contributed by atoms with E-state index in [1.54, 1.807) is 0 Å². The van der Waals surface area contributed by atoms with E-state index < -0.39 is 12.1 Å². The Kier molecular flexibility index (Phi) is 4.51. The lowest BCUT2D eigenvalue weighted by Gasteiger charge is -2.29. The average Bonchev–Trinajstić information content (AvgIpc) is 2.75. The second-order valence-corrected chi connectivity index (χ2v) is 5.92. The summed E-state index contributed by atoms with van der Waals surface area (Å²) < 4.78 is 5.75. The molecule has 0 aromatic rings. The van der Waals surface area contributed by atoms with E-state index in [1.165, 1.54) is 0 Å². The zero-order valence-corrected chi connectivity index (χ0v) is 11.3. The van der Waals surface area contributed by atoms with Crippen LogP contribution in [-0.2, 0) is 14.3 Å². The molecule has 0 aliphatic heterocycles. The predicted octanol–water partition coefficient (Wildman–Crippen LogP) is -0.289. The quantitative estimate of drug-likeness (QED) is 0.356. The SMILES string of the molecule is C=C1CC1CC(=O)O[C@@H](CC(=O)[O-])C[N+](C)(C)C. The summed E-state index contributed by atoms with van der Waals surface area (Å²) in [6.07, 6.45) is 0.289. The highest BCUT2D eigenvalue weighted by molar-refractivity contribution is 5.72. The molecule has 1 saturated carbocycles. The van der Waals surface area contributed by atoms with Gasteiger partial charge < -0.3 is 19.1 Å². The molecular formula is C13H21NO4. The molecule has 0 radical (unpaired) electrons. The van der Waals surface area contributed by atoms with Crippen LogP contribution >= 0.6 is 0 Å². The Balaban J connectivity index is 2.46. The third-order valence-electron chi connectivity index (χ3n) is 2.78. The van der Waals surface area contributed by atoms with Crippen molar-refractivity contribution in [3.63, 3.8) is 0 Å². The molecule has 1 unspecified atom stereocenters. The number of carboxylic acids is 1. The van der Waals surface area contributed by atoms with Crippen LogP contribution in [-0.4, -0.2) is 50.2 Å². The number of carbonyl (C=O) groups excluding carboxylic acids is 2. The van der Waals surface area contributed by atoms with Gasteiger partial charge in [-0.15, -0.1) is 0 Å². The third-order valence-corrected chi connectivity index (χ3v) is 2.78. The van der Waals surface area contributed by atoms with Crippen molar-refractivity contribution in [1.82, 2.24) is 0 Å². The van der Waals surface area contributed by atoms with Crippen LogP contribution in [0, 0.1) is 5.92 Å². The van der Waals surface area contributed by atoms with Crippen LogP contribution in [0.1, 0.15) is 19.3 Å². The molecule has 0 heterocycles. The molecule has 5 nitrogen and oxygen atoms in total. The number of carbonyl (C=O) groups is 2. The van der Waals surface area contributed by atoms with E-state index in [0.29, 0.717) is 17.4 Å². The van der Waals surface area contributed by atoms with Crippen molar-refractivity contribution in [3.05, 3.63) is 12.2 Å². The fraction of sp³-hybridized carbons (Fsp3) is 0.692. The summed E-state index contributed by atoms with van der Waals surface area (Å²) in [6, 6.07) is 0. The maximum Gasteiger partial charge on any atom is 0.306 e. The zero-order valence-electron chi connectivity index (χ0n) is 11.3. The predicted molar refractivity (Wildman–Crippen MR) is 64.3 cm³/mol. The van der Waals surface area contributed by atoms with Crippen molar-refractivity contribution in [2.45, 2.75) is 25.4 Å². The molecule has 0 aromatic heterocycles. The summed E-state index contributed by atoms with van der Waals surface area (Å²) in [5.41, 5.74) is 1.06. The summed E-state index contributed by atoms with van der Waals surface area (Å²) in [7, 11) is 5.75. The minimum Gasteiger partial charge on any atom is -0.550 e. The lowest BCUT2D eigenvalue weighted by Crippen LogP contribution is -2.45. The first-order chi connectivity index (χ1) is 8.17. The first kappa shape index (κ1) is 14.7. The number of carboxylic acid groups (broad SMARTS) is 1. The number of hydrogen-bond donors (Lipinski definition) is 0. The molecular weight excluding hydrogens is 234 g/mol. The Labute approximate surface area is 108 Å². The number of nitrogens with zero attached hydrogens (tertiary/aromatic N) is 1. The Bertz CT molecular complexity index is 356. The van der Waals surface area contributed by atoms with Gasteiger partial charge in [0.2, 0.25) is 0 Å². The van der Waals surface area contributed by atoms with Crippen LogP contribution in [0.25, 0.3) is 0 Å². The minimum atomic E-state index is -1.20. The van der Waals surface area contributed by atoms with Gasteiger partial charge in [-0.05, 0) is 12.3 Å². The van der Waals surface area contributed by atoms with Crippen molar-refractivity contribution in [3.8, 4) is 0 Å². The monoisotopic (exact) mass is 255 g/mol. The first-order valence-corrected chi connectivity index (χ1v) is 6.05. The summed E-state index contributed by atoms with van der Waals surface area (Å²) in [6.45, 7) is 4.22. The molecule has 0 spiro atoms. The molecule has 0 aromatic carbocycles. The van der Waals surface area contributed by atoms with Gasteiger partial charge in [-0.2, -0.15) is 0 Å². The van der Waals surface area contributed by atoms with E-state index in [1.807, 2.05) is 21.1 Å². The van der Waals surface area contributed by atoms with Gasteiger partial charge in [0.15, 0.2) is 6.10 Å². The number of aliphatic carboxylic acids is 1. The number of quaternary nitrogens is 1. The van der Waals surface area contributed by atoms with Gasteiger partial charge in [0.25, 0.3) is 0 Å². The van der Waals surface area contributed by atoms with Crippen molar-refractivity contribution in [2.24, 2.45) is 5.92 Å². The molecule has 102 valence electrons. The van der Waals surface area contributed by atoms with Gasteiger partial charge in [-0.25, -0.2) is 0 Å². The molecule has 1 aliphatic rings. The van der Waals surface area contributed by atoms with Crippen LogP contribution in [0.2, 0.25) is 0 Å². The molecule has 1 fully saturated rings. The first-order valence-electron chi connectivity index (χ1n) is 6.05. The smallest absolute Gasteiger partial charge is 0.306 e. The molecule has 1 rings (SSSR count). The highest BCUT2D eigenvalue weighted by atomic mass is 16.5. The Hall–Kier alpha value is -1.36. The van der Waals surface area contributed by atoms with E-state index in [4.69, 9.17) is 4.74 Å². The maximum atomic E-state index is 11.6. The molecule has 5 heteroatoms. The Morgan fingerprint density at radius 3 is 2.44 bits per heavy atom. The summed E-state index contributed by atoms with van der Waals surface area (Å²) in [4.78, 5) is 22.3. The molecule has 0 bridgehead atoms. The van der Waals surface area contributed by atoms with Crippen molar-refractivity contribution in [1.29, 1.82) is 0 Å². The van der Waals surface area contributed by atoms with Crippen molar-refractivity contribution in [2.75, 3.05) is 27.7 Å². The number of hydrogen-bond acceptors (Lipinski definition) is 4. The van der Waals surface area contributed by atoms with E-state index in [9.17, 15) is 14.7 Å². The standard InChI is InChI=1S/C13H21NO4/c1-9-5-10(9)6-13(17)18-11(7-12(15)16)8-14(2,3)4/h10-11H,1,5-8H2,2-4H3/t10?,11-/m0/s1. The zero-order chi connectivity index (χ0) is 13.9. The summed E-state index contributed by atoms with van der Waals surface area (Å²) >= 11 is 0. The number of esters is 1. The highest BCUT2D eigenvalue weighted by Crippen LogP contribution is 2.38. The van der Waals surface area contributed by atoms with Crippen LogP contribution in [0.5, 0.6) is 0 Å². The fourth-order valence-electron chi connectivity index (χ4n) is 1.85. The normalized spacial score (nSPS) is 20.4. The molecule has 1 aliphatic carbocycles. The maximum absolute atomic E-state index is 11.6. The second kappa shape index (κ2) is 5.52. The van der Waals surface area contributed by atoms with Gasteiger partial charge >= 0.3 is 5.97 Å². The van der Waals surface area contributed by atoms with Gasteiger partial charge in [0.05, 0.1) is 27.6 Å². The van der Waals surface area contributed by atoms with Crippen LogP contribution < -0.4 is 5.11 Å². The Morgan fingerprint density at radius 2 is 2.06 bits per heavy atom. The van der Waals surface area contributed by atoms with Crippen molar-refractivity contribution >= 4 is 11.9 Å². The fourth-order valence-corrected chi connectivity index (χ4v) is 1.85. The summed E-state index contributed by atoms with van der Waals surface area (Å²) in [5.74, 6) is -1.32. The minimum absolute atomic E-state index is 0.227. The molecule has 0 N–H and O–H groups in total. The van der Waals surface area contributed by atoms with Crippen LogP contribution in [0.15, 0.2) is 12.2 Å². The van der Waals surface area contributed by atoms with Crippen LogP contribution in [0.4, 0.5) is 0 Å². The molecule has 0 saturated heterocycles. The lowest BCUT2D eigenvalue weighted by molar-refractivity contribution is -0.873. The average molecular weight is 255 g/mol. The van der Waals surface area contributed by atoms with Gasteiger partial charge in [-0.3, -0.25) is 4.79 Å². The van der Waals surface area contributed by atoms with E-state index in [-0.39, 0.29) is 18.3 Å². The third kappa shape index (κ3) is 5.82.